The third-order valence-electron chi connectivity index (χ3n) is 1.70. The molecule has 4 heteroatoms. The van der Waals surface area contributed by atoms with Crippen LogP contribution in [0.15, 0.2) is 0 Å². The molecule has 12 heavy (non-hydrogen) atoms. The van der Waals surface area contributed by atoms with Crippen LogP contribution in [0.25, 0.3) is 0 Å². The molecule has 0 heterocycles. The molecule has 1 unspecified atom stereocenters. The number of Topliss-reactive ketones (excluding diaryl/α,β-unsaturated/α-hetero) is 1. The summed E-state index contributed by atoms with van der Waals surface area (Å²) in [4.78, 5) is 22.1. The minimum atomic E-state index is -0.596. The third-order valence-corrected chi connectivity index (χ3v) is 1.70. The largest absolute Gasteiger partial charge is 0.396 e. The summed E-state index contributed by atoms with van der Waals surface area (Å²) in [7, 11) is 1.50. The van der Waals surface area contributed by atoms with Gasteiger partial charge in [0.1, 0.15) is 5.78 Å². The summed E-state index contributed by atoms with van der Waals surface area (Å²) in [5, 5.41) is 10.8. The Morgan fingerprint density at radius 1 is 1.50 bits per heavy atom. The molecule has 0 aromatic carbocycles. The molecule has 0 aromatic rings. The molecule has 0 fully saturated rings. The topological polar surface area (TPSA) is 66.4 Å². The molecular weight excluding hydrogens is 158 g/mol. The first-order chi connectivity index (χ1) is 5.63. The maximum atomic E-state index is 11.1. The SMILES string of the molecule is CNC(=O)C(C)C(=O)CCCO. The Morgan fingerprint density at radius 3 is 2.50 bits per heavy atom. The van der Waals surface area contributed by atoms with E-state index < -0.39 is 5.92 Å². The van der Waals surface area contributed by atoms with Crippen molar-refractivity contribution in [3.8, 4) is 0 Å². The summed E-state index contributed by atoms with van der Waals surface area (Å²) >= 11 is 0. The maximum Gasteiger partial charge on any atom is 0.230 e. The quantitative estimate of drug-likeness (QED) is 0.561. The molecule has 70 valence electrons. The Kier molecular flexibility index (Phi) is 5.28. The summed E-state index contributed by atoms with van der Waals surface area (Å²) < 4.78 is 0. The van der Waals surface area contributed by atoms with Crippen LogP contribution < -0.4 is 5.32 Å². The average Bonchev–Trinajstić information content (AvgIpc) is 2.11. The van der Waals surface area contributed by atoms with Crippen LogP contribution in [0.3, 0.4) is 0 Å². The highest BCUT2D eigenvalue weighted by molar-refractivity contribution is 6.00. The molecule has 0 aliphatic rings. The standard InChI is InChI=1S/C8H15NO3/c1-6(8(12)9-2)7(11)4-3-5-10/h6,10H,3-5H2,1-2H3,(H,9,12). The molecule has 0 rings (SSSR count). The van der Waals surface area contributed by atoms with Crippen molar-refractivity contribution < 1.29 is 14.7 Å². The second-order valence-electron chi connectivity index (χ2n) is 2.63. The van der Waals surface area contributed by atoms with Crippen LogP contribution in [-0.2, 0) is 9.59 Å². The number of nitrogens with one attached hydrogen (secondary N) is 1. The zero-order chi connectivity index (χ0) is 9.56. The fraction of sp³-hybridized carbons (Fsp3) is 0.750. The molecule has 0 saturated carbocycles. The van der Waals surface area contributed by atoms with Gasteiger partial charge in [0.05, 0.1) is 5.92 Å². The monoisotopic (exact) mass is 173 g/mol. The summed E-state index contributed by atoms with van der Waals surface area (Å²) in [6, 6.07) is 0. The lowest BCUT2D eigenvalue weighted by Gasteiger charge is -2.07. The van der Waals surface area contributed by atoms with E-state index in [1.807, 2.05) is 0 Å². The Bertz CT molecular complexity index is 168. The second-order valence-corrected chi connectivity index (χ2v) is 2.63. The normalized spacial score (nSPS) is 12.2. The molecule has 2 N–H and O–H groups in total. The second kappa shape index (κ2) is 5.71. The van der Waals surface area contributed by atoms with E-state index >= 15 is 0 Å². The molecule has 1 atom stereocenters. The first-order valence-corrected chi connectivity index (χ1v) is 3.98. The predicted molar refractivity (Wildman–Crippen MR) is 44.6 cm³/mol. The van der Waals surface area contributed by atoms with E-state index in [-0.39, 0.29) is 24.7 Å². The molecule has 1 amide bonds. The summed E-state index contributed by atoms with van der Waals surface area (Å²) in [5.41, 5.74) is 0. The van der Waals surface area contributed by atoms with Gasteiger partial charge < -0.3 is 10.4 Å². The number of hydrogen-bond donors (Lipinski definition) is 2. The van der Waals surface area contributed by atoms with Gasteiger partial charge in [0.15, 0.2) is 0 Å². The van der Waals surface area contributed by atoms with Crippen LogP contribution >= 0.6 is 0 Å². The highest BCUT2D eigenvalue weighted by atomic mass is 16.3. The Hall–Kier alpha value is -0.900. The maximum absolute atomic E-state index is 11.1. The van der Waals surface area contributed by atoms with Gasteiger partial charge in [-0.25, -0.2) is 0 Å². The lowest BCUT2D eigenvalue weighted by atomic mass is 10.0. The third kappa shape index (κ3) is 3.48. The average molecular weight is 173 g/mol. The van der Waals surface area contributed by atoms with Gasteiger partial charge >= 0.3 is 0 Å². The zero-order valence-corrected chi connectivity index (χ0v) is 7.46. The summed E-state index contributed by atoms with van der Waals surface area (Å²) in [6.07, 6.45) is 0.700. The van der Waals surface area contributed by atoms with Gasteiger partial charge in [0.2, 0.25) is 5.91 Å². The van der Waals surface area contributed by atoms with Crippen molar-refractivity contribution in [3.05, 3.63) is 0 Å². The number of carbonyl (C=O) groups excluding carboxylic acids is 2. The van der Waals surface area contributed by atoms with Crippen molar-refractivity contribution in [1.29, 1.82) is 0 Å². The number of hydrogen-bond acceptors (Lipinski definition) is 3. The van der Waals surface area contributed by atoms with E-state index in [0.717, 1.165) is 0 Å². The fourth-order valence-electron chi connectivity index (χ4n) is 0.833. The van der Waals surface area contributed by atoms with Crippen LogP contribution in [0.2, 0.25) is 0 Å². The fourth-order valence-corrected chi connectivity index (χ4v) is 0.833. The van der Waals surface area contributed by atoms with Gasteiger partial charge in [-0.15, -0.1) is 0 Å². The number of rotatable bonds is 5. The molecule has 0 aromatic heterocycles. The van der Waals surface area contributed by atoms with Crippen molar-refractivity contribution in [1.82, 2.24) is 5.32 Å². The molecule has 4 nitrogen and oxygen atoms in total. The first-order valence-electron chi connectivity index (χ1n) is 3.98. The minimum Gasteiger partial charge on any atom is -0.396 e. The van der Waals surface area contributed by atoms with Gasteiger partial charge in [-0.1, -0.05) is 0 Å². The van der Waals surface area contributed by atoms with Gasteiger partial charge in [0, 0.05) is 20.1 Å². The Labute approximate surface area is 72.0 Å². The van der Waals surface area contributed by atoms with Crippen LogP contribution in [0.5, 0.6) is 0 Å². The molecule has 0 saturated heterocycles. The molecular formula is C8H15NO3. The lowest BCUT2D eigenvalue weighted by molar-refractivity contribution is -0.133. The minimum absolute atomic E-state index is 0.00773. The van der Waals surface area contributed by atoms with E-state index in [9.17, 15) is 9.59 Å². The molecule has 0 aliphatic heterocycles. The van der Waals surface area contributed by atoms with Crippen LogP contribution in [0.4, 0.5) is 0 Å². The van der Waals surface area contributed by atoms with Gasteiger partial charge in [-0.3, -0.25) is 9.59 Å². The van der Waals surface area contributed by atoms with E-state index in [1.165, 1.54) is 7.05 Å². The highest BCUT2D eigenvalue weighted by Gasteiger charge is 2.18. The van der Waals surface area contributed by atoms with Crippen molar-refractivity contribution in [2.24, 2.45) is 5.92 Å². The van der Waals surface area contributed by atoms with Gasteiger partial charge in [-0.05, 0) is 13.3 Å². The predicted octanol–water partition coefficient (Wildman–Crippen LogP) is -0.290. The van der Waals surface area contributed by atoms with Crippen molar-refractivity contribution in [2.45, 2.75) is 19.8 Å². The van der Waals surface area contributed by atoms with Gasteiger partial charge in [0.25, 0.3) is 0 Å². The number of ketones is 1. The zero-order valence-electron chi connectivity index (χ0n) is 7.46. The van der Waals surface area contributed by atoms with E-state index in [1.54, 1.807) is 6.92 Å². The Balaban J connectivity index is 3.84. The van der Waals surface area contributed by atoms with Gasteiger partial charge in [-0.2, -0.15) is 0 Å². The van der Waals surface area contributed by atoms with Crippen LogP contribution in [-0.4, -0.2) is 30.5 Å². The van der Waals surface area contributed by atoms with Crippen molar-refractivity contribution in [3.63, 3.8) is 0 Å². The van der Waals surface area contributed by atoms with Crippen molar-refractivity contribution in [2.75, 3.05) is 13.7 Å². The number of amides is 1. The molecule has 0 radical (unpaired) electrons. The number of aliphatic hydroxyl groups excluding tert-OH is 1. The summed E-state index contributed by atoms with van der Waals surface area (Å²) in [5.74, 6) is -0.983. The van der Waals surface area contributed by atoms with E-state index in [0.29, 0.717) is 6.42 Å². The molecule has 0 bridgehead atoms. The summed E-state index contributed by atoms with van der Waals surface area (Å²) in [6.45, 7) is 1.56. The first kappa shape index (κ1) is 11.1. The van der Waals surface area contributed by atoms with Crippen LogP contribution in [0, 0.1) is 5.92 Å². The number of aliphatic hydroxyl groups is 1. The van der Waals surface area contributed by atoms with E-state index in [4.69, 9.17) is 5.11 Å². The van der Waals surface area contributed by atoms with E-state index in [2.05, 4.69) is 5.32 Å². The highest BCUT2D eigenvalue weighted by Crippen LogP contribution is 2.02. The van der Waals surface area contributed by atoms with Crippen molar-refractivity contribution >= 4 is 11.7 Å². The smallest absolute Gasteiger partial charge is 0.230 e. The van der Waals surface area contributed by atoms with Crippen LogP contribution in [0.1, 0.15) is 19.8 Å². The molecule has 0 spiro atoms. The molecule has 0 aliphatic carbocycles. The number of carbonyl (C=O) groups is 2. The Morgan fingerprint density at radius 2 is 2.08 bits per heavy atom. The lowest BCUT2D eigenvalue weighted by Crippen LogP contribution is -2.30.